The summed E-state index contributed by atoms with van der Waals surface area (Å²) in [5.74, 6) is 0. The van der Waals surface area contributed by atoms with Crippen LogP contribution in [0.15, 0.2) is 11.1 Å². The van der Waals surface area contributed by atoms with Crippen LogP contribution < -0.4 is 4.72 Å². The van der Waals surface area contributed by atoms with Crippen LogP contribution in [0.5, 0.6) is 0 Å². The van der Waals surface area contributed by atoms with E-state index in [-0.39, 0.29) is 4.90 Å². The highest BCUT2D eigenvalue weighted by Crippen LogP contribution is 2.17. The van der Waals surface area contributed by atoms with E-state index in [0.717, 1.165) is 5.33 Å². The van der Waals surface area contributed by atoms with Crippen molar-refractivity contribution in [1.29, 1.82) is 0 Å². The summed E-state index contributed by atoms with van der Waals surface area (Å²) in [7, 11) is -3.49. The standard InChI is InChI=1S/C9H16BrN3O2S/c1-7-8(6-11-12-7)16(14,15)13-9(2,3)4-5-10/h6,13H,4-5H2,1-3H3,(H,11,12). The van der Waals surface area contributed by atoms with Gasteiger partial charge in [-0.1, -0.05) is 15.9 Å². The second-order valence-electron chi connectivity index (χ2n) is 4.29. The number of aromatic nitrogens is 2. The minimum absolute atomic E-state index is 0.204. The van der Waals surface area contributed by atoms with E-state index in [1.807, 2.05) is 13.8 Å². The molecule has 1 heterocycles. The molecule has 2 N–H and O–H groups in total. The van der Waals surface area contributed by atoms with Crippen LogP contribution in [0.25, 0.3) is 0 Å². The van der Waals surface area contributed by atoms with Crippen molar-refractivity contribution in [2.75, 3.05) is 5.33 Å². The largest absolute Gasteiger partial charge is 0.281 e. The minimum atomic E-state index is -3.49. The maximum absolute atomic E-state index is 12.0. The van der Waals surface area contributed by atoms with Crippen LogP contribution >= 0.6 is 15.9 Å². The van der Waals surface area contributed by atoms with Gasteiger partial charge in [-0.15, -0.1) is 0 Å². The van der Waals surface area contributed by atoms with Crippen LogP contribution in [0.4, 0.5) is 0 Å². The molecule has 0 bridgehead atoms. The Hall–Kier alpha value is -0.400. The van der Waals surface area contributed by atoms with Crippen molar-refractivity contribution in [2.45, 2.75) is 37.6 Å². The van der Waals surface area contributed by atoms with Crippen molar-refractivity contribution >= 4 is 26.0 Å². The van der Waals surface area contributed by atoms with Crippen molar-refractivity contribution in [3.63, 3.8) is 0 Å². The first-order valence-electron chi connectivity index (χ1n) is 4.88. The lowest BCUT2D eigenvalue weighted by atomic mass is 10.0. The normalized spacial score (nSPS) is 13.0. The van der Waals surface area contributed by atoms with Gasteiger partial charge >= 0.3 is 0 Å². The summed E-state index contributed by atoms with van der Waals surface area (Å²) in [6.07, 6.45) is 2.03. The molecule has 0 spiro atoms. The summed E-state index contributed by atoms with van der Waals surface area (Å²) in [4.78, 5) is 0.204. The number of hydrogen-bond acceptors (Lipinski definition) is 3. The van der Waals surface area contributed by atoms with Crippen molar-refractivity contribution in [2.24, 2.45) is 0 Å². The first-order chi connectivity index (χ1) is 7.28. The van der Waals surface area contributed by atoms with E-state index >= 15 is 0 Å². The highest BCUT2D eigenvalue weighted by atomic mass is 79.9. The van der Waals surface area contributed by atoms with E-state index in [0.29, 0.717) is 12.1 Å². The molecule has 0 fully saturated rings. The second kappa shape index (κ2) is 4.85. The molecule has 0 radical (unpaired) electrons. The summed E-state index contributed by atoms with van der Waals surface area (Å²) < 4.78 is 26.7. The van der Waals surface area contributed by atoms with Gasteiger partial charge in [0.05, 0.1) is 11.9 Å². The summed E-state index contributed by atoms with van der Waals surface area (Å²) in [5.41, 5.74) is 0.0635. The molecule has 1 aromatic heterocycles. The third-order valence-electron chi connectivity index (χ3n) is 2.20. The van der Waals surface area contributed by atoms with Crippen LogP contribution in [0.3, 0.4) is 0 Å². The first kappa shape index (κ1) is 13.7. The molecule has 7 heteroatoms. The molecule has 92 valence electrons. The summed E-state index contributed by atoms with van der Waals surface area (Å²) in [5, 5.41) is 7.07. The zero-order chi connectivity index (χ0) is 12.4. The Morgan fingerprint density at radius 1 is 1.56 bits per heavy atom. The number of halogens is 1. The van der Waals surface area contributed by atoms with Crippen molar-refractivity contribution in [3.05, 3.63) is 11.9 Å². The van der Waals surface area contributed by atoms with Gasteiger partial charge in [-0.2, -0.15) is 5.10 Å². The smallest absolute Gasteiger partial charge is 0.244 e. The van der Waals surface area contributed by atoms with Crippen molar-refractivity contribution < 1.29 is 8.42 Å². The summed E-state index contributed by atoms with van der Waals surface area (Å²) >= 11 is 3.30. The highest BCUT2D eigenvalue weighted by molar-refractivity contribution is 9.09. The quantitative estimate of drug-likeness (QED) is 0.811. The Labute approximate surface area is 104 Å². The zero-order valence-corrected chi connectivity index (χ0v) is 11.9. The highest BCUT2D eigenvalue weighted by Gasteiger charge is 2.27. The third-order valence-corrected chi connectivity index (χ3v) is 4.41. The van der Waals surface area contributed by atoms with Gasteiger partial charge in [0, 0.05) is 10.9 Å². The van der Waals surface area contributed by atoms with Gasteiger partial charge in [0.1, 0.15) is 4.90 Å². The van der Waals surface area contributed by atoms with E-state index in [9.17, 15) is 8.42 Å². The van der Waals surface area contributed by atoms with Crippen LogP contribution in [-0.2, 0) is 10.0 Å². The molecule has 0 saturated heterocycles. The third kappa shape index (κ3) is 3.29. The molecule has 0 aromatic carbocycles. The van der Waals surface area contributed by atoms with Crippen molar-refractivity contribution in [3.8, 4) is 0 Å². The van der Waals surface area contributed by atoms with Gasteiger partial charge in [-0.05, 0) is 27.2 Å². The maximum atomic E-state index is 12.0. The molecule has 0 unspecified atom stereocenters. The molecule has 0 saturated carbocycles. The van der Waals surface area contributed by atoms with Crippen LogP contribution in [0, 0.1) is 6.92 Å². The van der Waals surface area contributed by atoms with E-state index in [2.05, 4.69) is 30.8 Å². The van der Waals surface area contributed by atoms with Crippen LogP contribution in [-0.4, -0.2) is 29.5 Å². The van der Waals surface area contributed by atoms with Gasteiger partial charge in [0.2, 0.25) is 10.0 Å². The molecule has 0 amide bonds. The molecule has 1 rings (SSSR count). The fraction of sp³-hybridized carbons (Fsp3) is 0.667. The fourth-order valence-electron chi connectivity index (χ4n) is 1.32. The van der Waals surface area contributed by atoms with E-state index < -0.39 is 15.6 Å². The van der Waals surface area contributed by atoms with Gasteiger partial charge in [0.25, 0.3) is 0 Å². The van der Waals surface area contributed by atoms with E-state index in [4.69, 9.17) is 0 Å². The monoisotopic (exact) mass is 309 g/mol. The number of nitrogens with one attached hydrogen (secondary N) is 2. The lowest BCUT2D eigenvalue weighted by Crippen LogP contribution is -2.43. The Kier molecular flexibility index (Phi) is 4.14. The number of aryl methyl sites for hydroxylation is 1. The van der Waals surface area contributed by atoms with Crippen LogP contribution in [0.1, 0.15) is 26.0 Å². The Balaban J connectivity index is 2.93. The zero-order valence-electron chi connectivity index (χ0n) is 9.54. The number of alkyl halides is 1. The second-order valence-corrected chi connectivity index (χ2v) is 6.73. The summed E-state index contributed by atoms with van der Waals surface area (Å²) in [6, 6.07) is 0. The predicted octanol–water partition coefficient (Wildman–Crippen LogP) is 1.56. The number of H-pyrrole nitrogens is 1. The predicted molar refractivity (Wildman–Crippen MR) is 66.1 cm³/mol. The maximum Gasteiger partial charge on any atom is 0.244 e. The Morgan fingerprint density at radius 3 is 2.62 bits per heavy atom. The number of sulfonamides is 1. The lowest BCUT2D eigenvalue weighted by Gasteiger charge is -2.24. The molecule has 0 aliphatic heterocycles. The molecule has 16 heavy (non-hydrogen) atoms. The van der Waals surface area contributed by atoms with Crippen molar-refractivity contribution in [1.82, 2.24) is 14.9 Å². The van der Waals surface area contributed by atoms with Gasteiger partial charge < -0.3 is 0 Å². The van der Waals surface area contributed by atoms with Gasteiger partial charge in [-0.25, -0.2) is 13.1 Å². The molecule has 0 atom stereocenters. The fourth-order valence-corrected chi connectivity index (χ4v) is 3.89. The van der Waals surface area contributed by atoms with Gasteiger partial charge in [0.15, 0.2) is 0 Å². The molecule has 5 nitrogen and oxygen atoms in total. The first-order valence-corrected chi connectivity index (χ1v) is 7.49. The minimum Gasteiger partial charge on any atom is -0.281 e. The topological polar surface area (TPSA) is 74.8 Å². The molecule has 1 aromatic rings. The Bertz CT molecular complexity index is 453. The van der Waals surface area contributed by atoms with Gasteiger partial charge in [-0.3, -0.25) is 5.10 Å². The lowest BCUT2D eigenvalue weighted by molar-refractivity contribution is 0.443. The number of nitrogens with zero attached hydrogens (tertiary/aromatic N) is 1. The molecule has 0 aliphatic carbocycles. The summed E-state index contributed by atoms with van der Waals surface area (Å²) in [6.45, 7) is 5.38. The molecular weight excluding hydrogens is 294 g/mol. The Morgan fingerprint density at radius 2 is 2.19 bits per heavy atom. The van der Waals surface area contributed by atoms with E-state index in [1.165, 1.54) is 6.20 Å². The molecular formula is C9H16BrN3O2S. The number of hydrogen-bond donors (Lipinski definition) is 2. The molecule has 0 aliphatic rings. The van der Waals surface area contributed by atoms with E-state index in [1.54, 1.807) is 6.92 Å². The average Bonchev–Trinajstić information content (AvgIpc) is 2.49. The average molecular weight is 310 g/mol. The van der Waals surface area contributed by atoms with Crippen LogP contribution in [0.2, 0.25) is 0 Å². The number of rotatable bonds is 5. The number of aromatic amines is 1. The SMILES string of the molecule is Cc1[nH]ncc1S(=O)(=O)NC(C)(C)CCBr.